The Morgan fingerprint density at radius 1 is 0.278 bits per heavy atom. The second-order valence-electron chi connectivity index (χ2n) is 20.1. The quantitative estimate of drug-likeness (QED) is 0.102. The molecule has 360 valence electrons. The Hall–Kier alpha value is -8.04. The molecule has 7 aromatic carbocycles. The van der Waals surface area contributed by atoms with Crippen LogP contribution >= 0.6 is 0 Å². The molecule has 0 saturated heterocycles. The fraction of sp³-hybridized carbons (Fsp3) is 0.238. The van der Waals surface area contributed by atoms with Crippen molar-refractivity contribution in [3.8, 4) is 51.2 Å². The van der Waals surface area contributed by atoms with E-state index in [9.17, 15) is 0 Å². The molecule has 9 nitrogen and oxygen atoms in total. The van der Waals surface area contributed by atoms with Crippen LogP contribution in [0.3, 0.4) is 0 Å². The highest BCUT2D eigenvalue weighted by Gasteiger charge is 2.17. The lowest BCUT2D eigenvalue weighted by Crippen LogP contribution is -2.03. The average Bonchev–Trinajstić information content (AvgIpc) is 4.15. The highest BCUT2D eigenvalue weighted by atomic mass is 15.3. The minimum absolute atomic E-state index is 0.851. The van der Waals surface area contributed by atoms with Crippen molar-refractivity contribution in [2.24, 2.45) is 0 Å². The summed E-state index contributed by atoms with van der Waals surface area (Å²) in [5, 5.41) is 26.7. The highest BCUT2D eigenvalue weighted by Crippen LogP contribution is 2.31. The zero-order valence-electron chi connectivity index (χ0n) is 43.1. The normalized spacial score (nSPS) is 11.5. The maximum atomic E-state index is 4.57. The molecule has 0 amide bonds. The fourth-order valence-corrected chi connectivity index (χ4v) is 11.0. The molecule has 3 heterocycles. The van der Waals surface area contributed by atoms with E-state index in [-0.39, 0.29) is 0 Å². The summed E-state index contributed by atoms with van der Waals surface area (Å²) < 4.78 is 6.37. The van der Waals surface area contributed by atoms with E-state index in [2.05, 4.69) is 234 Å². The third kappa shape index (κ3) is 10.1. The molecule has 0 aliphatic rings. The monoisotopic (exact) mass is 946 g/mol. The predicted octanol–water partition coefficient (Wildman–Crippen LogP) is 13.6. The van der Waals surface area contributed by atoms with Gasteiger partial charge in [-0.25, -0.2) is 0 Å². The molecule has 0 saturated carbocycles. The van der Waals surface area contributed by atoms with Crippen LogP contribution in [0.15, 0.2) is 146 Å². The molecule has 72 heavy (non-hydrogen) atoms. The van der Waals surface area contributed by atoms with E-state index >= 15 is 0 Å². The Balaban J connectivity index is 0.867. The number of hydrogen-bond acceptors (Lipinski definition) is 6. The topological polar surface area (TPSA) is 92.1 Å². The Morgan fingerprint density at radius 3 is 0.736 bits per heavy atom. The van der Waals surface area contributed by atoms with Crippen molar-refractivity contribution in [2.75, 3.05) is 0 Å². The zero-order chi connectivity index (χ0) is 50.0. The lowest BCUT2D eigenvalue weighted by atomic mass is 9.94. The van der Waals surface area contributed by atoms with Gasteiger partial charge in [-0.15, -0.1) is 30.6 Å². The van der Waals surface area contributed by atoms with Gasteiger partial charge in [-0.1, -0.05) is 144 Å². The van der Waals surface area contributed by atoms with Crippen LogP contribution in [0.1, 0.15) is 83.5 Å². The third-order valence-electron chi connectivity index (χ3n) is 14.1. The fourth-order valence-electron chi connectivity index (χ4n) is 11.0. The standard InChI is InChI=1S/C63H63N9/c1-40-28-43(4)58(44(5)29-40)70-37-64-67-61(70)55-22-16-49(17-23-55)10-13-52-34-53(14-11-50-18-24-56(25-19-50)62-68-65-38-71(62)59-45(6)30-41(2)31-46(59)7)36-54(35-52)15-12-51-20-26-57(27-21-51)63-69-66-39-72(63)60-47(8)32-42(3)33-48(60)9/h16-39H,10-15H2,1-9H3. The summed E-state index contributed by atoms with van der Waals surface area (Å²) in [5.41, 5.74) is 25.6. The molecular weight excluding hydrogens is 883 g/mol. The Labute approximate surface area is 424 Å². The van der Waals surface area contributed by atoms with E-state index in [0.717, 1.165) is 89.8 Å². The molecule has 0 atom stereocenters. The van der Waals surface area contributed by atoms with Crippen molar-refractivity contribution >= 4 is 0 Å². The summed E-state index contributed by atoms with van der Waals surface area (Å²) in [6.07, 6.45) is 11.1. The van der Waals surface area contributed by atoms with Gasteiger partial charge in [0, 0.05) is 16.7 Å². The van der Waals surface area contributed by atoms with Crippen LogP contribution in [0, 0.1) is 62.3 Å². The SMILES string of the molecule is Cc1cc(C)c(-n2cnnc2-c2ccc(CCc3cc(CCc4ccc(-c5nncn5-c5c(C)cc(C)cc5C)cc4)cc(CCc4ccc(-c5nncn5-c5c(C)cc(C)cc5C)cc4)c3)cc2)c(C)c1. The van der Waals surface area contributed by atoms with E-state index in [1.54, 1.807) is 0 Å². The summed E-state index contributed by atoms with van der Waals surface area (Å²) in [7, 11) is 0. The number of aromatic nitrogens is 9. The molecule has 0 spiro atoms. The first-order valence-electron chi connectivity index (χ1n) is 25.2. The molecule has 0 aliphatic carbocycles. The van der Waals surface area contributed by atoms with Gasteiger partial charge in [0.1, 0.15) is 19.0 Å². The number of nitrogens with zero attached hydrogens (tertiary/aromatic N) is 9. The van der Waals surface area contributed by atoms with E-state index in [4.69, 9.17) is 0 Å². The Bertz CT molecular complexity index is 3100. The van der Waals surface area contributed by atoms with E-state index in [1.165, 1.54) is 83.5 Å². The molecule has 10 rings (SSSR count). The number of benzene rings is 7. The second kappa shape index (κ2) is 20.4. The smallest absolute Gasteiger partial charge is 0.168 e. The van der Waals surface area contributed by atoms with E-state index in [0.29, 0.717) is 0 Å². The van der Waals surface area contributed by atoms with Crippen molar-refractivity contribution < 1.29 is 0 Å². The molecule has 0 unspecified atom stereocenters. The molecule has 3 aromatic heterocycles. The largest absolute Gasteiger partial charge is 0.281 e. The van der Waals surface area contributed by atoms with Gasteiger partial charge in [-0.2, -0.15) is 0 Å². The maximum Gasteiger partial charge on any atom is 0.168 e. The zero-order valence-corrected chi connectivity index (χ0v) is 43.1. The molecule has 9 heteroatoms. The van der Waals surface area contributed by atoms with Gasteiger partial charge >= 0.3 is 0 Å². The first-order valence-corrected chi connectivity index (χ1v) is 25.2. The summed E-state index contributed by atoms with van der Waals surface area (Å²) in [6.45, 7) is 19.4. The van der Waals surface area contributed by atoms with Gasteiger partial charge in [0.15, 0.2) is 17.5 Å². The highest BCUT2D eigenvalue weighted by molar-refractivity contribution is 5.64. The number of rotatable bonds is 15. The Kier molecular flexibility index (Phi) is 13.5. The van der Waals surface area contributed by atoms with E-state index < -0.39 is 0 Å². The van der Waals surface area contributed by atoms with Crippen LogP contribution in [0.4, 0.5) is 0 Å². The maximum absolute atomic E-state index is 4.57. The van der Waals surface area contributed by atoms with Gasteiger partial charge in [-0.05, 0) is 168 Å². The van der Waals surface area contributed by atoms with Gasteiger partial charge in [0.05, 0.1) is 17.1 Å². The van der Waals surface area contributed by atoms with Gasteiger partial charge in [-0.3, -0.25) is 13.7 Å². The molecule has 0 aliphatic heterocycles. The van der Waals surface area contributed by atoms with E-state index in [1.807, 2.05) is 19.0 Å². The third-order valence-corrected chi connectivity index (χ3v) is 14.1. The predicted molar refractivity (Wildman–Crippen MR) is 292 cm³/mol. The van der Waals surface area contributed by atoms with Crippen molar-refractivity contribution in [3.05, 3.63) is 230 Å². The van der Waals surface area contributed by atoms with Crippen molar-refractivity contribution in [1.82, 2.24) is 44.3 Å². The molecular formula is C63H63N9. The second-order valence-corrected chi connectivity index (χ2v) is 20.1. The summed E-state index contributed by atoms with van der Waals surface area (Å²) in [5.74, 6) is 2.55. The molecule has 0 radical (unpaired) electrons. The minimum atomic E-state index is 0.851. The molecule has 0 fully saturated rings. The summed E-state index contributed by atoms with van der Waals surface area (Å²) in [6, 6.07) is 47.2. The number of aryl methyl sites for hydroxylation is 15. The molecule has 10 aromatic rings. The summed E-state index contributed by atoms with van der Waals surface area (Å²) in [4.78, 5) is 0. The Morgan fingerprint density at radius 2 is 0.500 bits per heavy atom. The lowest BCUT2D eigenvalue weighted by molar-refractivity contribution is 0.903. The van der Waals surface area contributed by atoms with Crippen LogP contribution in [-0.2, 0) is 38.5 Å². The van der Waals surface area contributed by atoms with Crippen LogP contribution in [0.2, 0.25) is 0 Å². The number of hydrogen-bond donors (Lipinski definition) is 0. The minimum Gasteiger partial charge on any atom is -0.281 e. The van der Waals surface area contributed by atoms with Crippen LogP contribution in [0.5, 0.6) is 0 Å². The van der Waals surface area contributed by atoms with Crippen LogP contribution in [0.25, 0.3) is 51.2 Å². The van der Waals surface area contributed by atoms with Crippen LogP contribution in [-0.4, -0.2) is 44.3 Å². The summed E-state index contributed by atoms with van der Waals surface area (Å²) >= 11 is 0. The lowest BCUT2D eigenvalue weighted by Gasteiger charge is -2.15. The van der Waals surface area contributed by atoms with Crippen molar-refractivity contribution in [1.29, 1.82) is 0 Å². The van der Waals surface area contributed by atoms with Crippen molar-refractivity contribution in [2.45, 2.75) is 101 Å². The first kappa shape index (κ1) is 47.6. The van der Waals surface area contributed by atoms with Crippen LogP contribution < -0.4 is 0 Å². The first-order chi connectivity index (χ1) is 34.8. The average molecular weight is 946 g/mol. The van der Waals surface area contributed by atoms with Gasteiger partial charge < -0.3 is 0 Å². The van der Waals surface area contributed by atoms with Gasteiger partial charge in [0.2, 0.25) is 0 Å². The molecule has 0 bridgehead atoms. The van der Waals surface area contributed by atoms with Crippen molar-refractivity contribution in [3.63, 3.8) is 0 Å². The van der Waals surface area contributed by atoms with Gasteiger partial charge in [0.25, 0.3) is 0 Å². The molecule has 0 N–H and O–H groups in total.